The molecule has 1 aromatic carbocycles. The van der Waals surface area contributed by atoms with Crippen LogP contribution in [0.1, 0.15) is 90.4 Å². The maximum absolute atomic E-state index is 14.4. The molecule has 1 aromatic heterocycles. The van der Waals surface area contributed by atoms with Gasteiger partial charge in [0.2, 0.25) is 0 Å². The van der Waals surface area contributed by atoms with Crippen LogP contribution in [0.4, 0.5) is 15.0 Å². The molecule has 13 heteroatoms. The van der Waals surface area contributed by atoms with Gasteiger partial charge in [-0.15, -0.1) is 10.2 Å². The van der Waals surface area contributed by atoms with Gasteiger partial charge in [-0.25, -0.2) is 14.2 Å². The summed E-state index contributed by atoms with van der Waals surface area (Å²) in [7, 11) is 1.70. The lowest BCUT2D eigenvalue weighted by molar-refractivity contribution is 0.00199. The van der Waals surface area contributed by atoms with Crippen LogP contribution >= 0.6 is 0 Å². The van der Waals surface area contributed by atoms with E-state index in [0.29, 0.717) is 18.3 Å². The first kappa shape index (κ1) is 36.2. The topological polar surface area (TPSA) is 116 Å². The minimum absolute atomic E-state index is 0.0378. The number of ether oxygens (including phenoxy) is 2. The average molecular weight is 695 g/mol. The zero-order valence-corrected chi connectivity index (χ0v) is 30.9. The van der Waals surface area contributed by atoms with Gasteiger partial charge < -0.3 is 34.4 Å². The first-order valence-corrected chi connectivity index (χ1v) is 18.3. The van der Waals surface area contributed by atoms with Crippen LogP contribution in [0.5, 0.6) is 11.6 Å². The van der Waals surface area contributed by atoms with E-state index in [9.17, 15) is 14.0 Å². The second-order valence-electron chi connectivity index (χ2n) is 16.4. The molecule has 1 saturated carbocycles. The monoisotopic (exact) mass is 694 g/mol. The normalized spacial score (nSPS) is 23.9. The average Bonchev–Trinajstić information content (AvgIpc) is 3.35. The molecule has 2 aromatic rings. The predicted molar refractivity (Wildman–Crippen MR) is 189 cm³/mol. The SMILES string of the molecule is COC(C)(C)CN1CC2(CCC(CN3CCC4(CC3)CN(c3ncnnc3Oc3ccc(F)cc3C(=O)N(C(C)C)C(C)C)C4)CC2)NC1=O. The molecule has 0 radical (unpaired) electrons. The molecule has 4 heterocycles. The van der Waals surface area contributed by atoms with Gasteiger partial charge in [0.25, 0.3) is 11.8 Å². The fourth-order valence-electron chi connectivity index (χ4n) is 8.54. The summed E-state index contributed by atoms with van der Waals surface area (Å²) in [5.41, 5.74) is -0.0998. The molecule has 4 fully saturated rings. The van der Waals surface area contributed by atoms with Gasteiger partial charge in [0.05, 0.1) is 23.2 Å². The molecule has 6 rings (SSSR count). The Morgan fingerprint density at radius 1 is 1.08 bits per heavy atom. The van der Waals surface area contributed by atoms with E-state index in [1.807, 2.05) is 46.4 Å². The number of anilines is 1. The number of amides is 3. The molecule has 274 valence electrons. The number of carbonyl (C=O) groups is 2. The number of rotatable bonds is 11. The van der Waals surface area contributed by atoms with E-state index in [-0.39, 0.29) is 57.8 Å². The highest BCUT2D eigenvalue weighted by atomic mass is 19.1. The molecular formula is C37H55FN8O4. The standard InChI is InChI=1S/C37H55FN8O4/c1-25(2)46(26(3)4)33(47)29-18-28(38)8-9-30(29)50-32-31(39-24-40-42-32)44-21-36(22-44)14-16-43(17-15-36)19-27-10-12-37(13-11-27)23-45(34(48)41-37)20-35(5,6)49-7/h8-9,18,24-27H,10-17,19-23H2,1-7H3,(H,41,48). The molecule has 0 unspecified atom stereocenters. The second kappa shape index (κ2) is 14.2. The van der Waals surface area contributed by atoms with Crippen LogP contribution in [0.15, 0.2) is 24.5 Å². The molecule has 3 amide bonds. The maximum Gasteiger partial charge on any atom is 0.318 e. The summed E-state index contributed by atoms with van der Waals surface area (Å²) < 4.78 is 26.2. The molecule has 12 nitrogen and oxygen atoms in total. The Morgan fingerprint density at radius 3 is 2.40 bits per heavy atom. The van der Waals surface area contributed by atoms with Crippen molar-refractivity contribution < 1.29 is 23.5 Å². The first-order valence-electron chi connectivity index (χ1n) is 18.3. The van der Waals surface area contributed by atoms with Crippen LogP contribution < -0.4 is 15.0 Å². The van der Waals surface area contributed by atoms with Crippen molar-refractivity contribution in [3.63, 3.8) is 0 Å². The van der Waals surface area contributed by atoms with Crippen molar-refractivity contribution in [1.29, 1.82) is 0 Å². The van der Waals surface area contributed by atoms with Crippen LogP contribution in [0.3, 0.4) is 0 Å². The number of aromatic nitrogens is 3. The third-order valence-electron chi connectivity index (χ3n) is 11.4. The first-order chi connectivity index (χ1) is 23.7. The third kappa shape index (κ3) is 7.68. The van der Waals surface area contributed by atoms with Gasteiger partial charge in [0.1, 0.15) is 17.9 Å². The quantitative estimate of drug-likeness (QED) is 0.333. The Kier molecular flexibility index (Phi) is 10.3. The van der Waals surface area contributed by atoms with Crippen LogP contribution in [0.2, 0.25) is 0 Å². The van der Waals surface area contributed by atoms with Crippen LogP contribution in [0, 0.1) is 17.2 Å². The fourth-order valence-corrected chi connectivity index (χ4v) is 8.54. The number of likely N-dealkylation sites (tertiary alicyclic amines) is 1. The predicted octanol–water partition coefficient (Wildman–Crippen LogP) is 5.34. The van der Waals surface area contributed by atoms with Crippen molar-refractivity contribution in [2.45, 2.75) is 103 Å². The molecule has 1 aliphatic carbocycles. The summed E-state index contributed by atoms with van der Waals surface area (Å²) in [5.74, 6) is 0.859. The molecule has 0 atom stereocenters. The van der Waals surface area contributed by atoms with E-state index < -0.39 is 5.82 Å². The molecule has 3 saturated heterocycles. The van der Waals surface area contributed by atoms with Crippen molar-refractivity contribution in [3.8, 4) is 11.6 Å². The number of benzene rings is 1. The van der Waals surface area contributed by atoms with E-state index in [2.05, 4.69) is 30.3 Å². The lowest BCUT2D eigenvalue weighted by Gasteiger charge is -2.54. The van der Waals surface area contributed by atoms with Gasteiger partial charge in [-0.1, -0.05) is 0 Å². The number of nitrogens with one attached hydrogen (secondary N) is 1. The summed E-state index contributed by atoms with van der Waals surface area (Å²) in [6.45, 7) is 18.1. The molecule has 3 aliphatic heterocycles. The minimum atomic E-state index is -0.509. The van der Waals surface area contributed by atoms with Gasteiger partial charge in [-0.3, -0.25) is 4.79 Å². The number of hydrogen-bond donors (Lipinski definition) is 1. The highest BCUT2D eigenvalue weighted by Gasteiger charge is 2.48. The number of carbonyl (C=O) groups excluding carboxylic acids is 2. The van der Waals surface area contributed by atoms with Crippen LogP contribution in [0.25, 0.3) is 0 Å². The fraction of sp³-hybridized carbons (Fsp3) is 0.703. The van der Waals surface area contributed by atoms with Gasteiger partial charge in [0, 0.05) is 50.8 Å². The lowest BCUT2D eigenvalue weighted by Crippen LogP contribution is -2.61. The van der Waals surface area contributed by atoms with E-state index in [0.717, 1.165) is 77.8 Å². The molecular weight excluding hydrogens is 639 g/mol. The Bertz CT molecular complexity index is 1520. The van der Waals surface area contributed by atoms with E-state index in [1.54, 1.807) is 12.0 Å². The number of nitrogens with zero attached hydrogens (tertiary/aromatic N) is 7. The van der Waals surface area contributed by atoms with Crippen molar-refractivity contribution in [3.05, 3.63) is 35.9 Å². The number of piperidine rings is 1. The highest BCUT2D eigenvalue weighted by Crippen LogP contribution is 2.45. The molecule has 4 aliphatic rings. The van der Waals surface area contributed by atoms with Crippen molar-refractivity contribution >= 4 is 17.8 Å². The lowest BCUT2D eigenvalue weighted by atomic mass is 9.71. The van der Waals surface area contributed by atoms with E-state index in [1.165, 1.54) is 24.5 Å². The van der Waals surface area contributed by atoms with Gasteiger partial charge >= 0.3 is 6.03 Å². The zero-order valence-electron chi connectivity index (χ0n) is 30.9. The van der Waals surface area contributed by atoms with Gasteiger partial charge in [0.15, 0.2) is 5.82 Å². The van der Waals surface area contributed by atoms with E-state index >= 15 is 0 Å². The summed E-state index contributed by atoms with van der Waals surface area (Å²) in [5, 5.41) is 11.5. The van der Waals surface area contributed by atoms with Crippen molar-refractivity contribution in [2.75, 3.05) is 57.8 Å². The van der Waals surface area contributed by atoms with E-state index in [4.69, 9.17) is 9.47 Å². The third-order valence-corrected chi connectivity index (χ3v) is 11.4. The van der Waals surface area contributed by atoms with Crippen molar-refractivity contribution in [1.82, 2.24) is 35.2 Å². The Morgan fingerprint density at radius 2 is 1.76 bits per heavy atom. The highest BCUT2D eigenvalue weighted by molar-refractivity contribution is 5.97. The Balaban J connectivity index is 1.01. The summed E-state index contributed by atoms with van der Waals surface area (Å²) in [6.07, 6.45) is 7.97. The number of halogens is 1. The summed E-state index contributed by atoms with van der Waals surface area (Å²) >= 11 is 0. The largest absolute Gasteiger partial charge is 0.434 e. The zero-order chi connectivity index (χ0) is 35.8. The molecule has 0 bridgehead atoms. The molecule has 2 spiro atoms. The Hall–Kier alpha value is -3.58. The smallest absolute Gasteiger partial charge is 0.318 e. The maximum atomic E-state index is 14.4. The van der Waals surface area contributed by atoms with Crippen LogP contribution in [-0.4, -0.2) is 118 Å². The Labute approximate surface area is 296 Å². The second-order valence-corrected chi connectivity index (χ2v) is 16.4. The number of hydrogen-bond acceptors (Lipinski definition) is 9. The van der Waals surface area contributed by atoms with Gasteiger partial charge in [-0.05, 0) is 117 Å². The van der Waals surface area contributed by atoms with Crippen LogP contribution in [-0.2, 0) is 4.74 Å². The molecule has 50 heavy (non-hydrogen) atoms. The van der Waals surface area contributed by atoms with Gasteiger partial charge in [-0.2, -0.15) is 0 Å². The molecule has 1 N–H and O–H groups in total. The number of urea groups is 1. The number of methoxy groups -OCH3 is 1. The van der Waals surface area contributed by atoms with Crippen molar-refractivity contribution in [2.24, 2.45) is 11.3 Å². The summed E-state index contributed by atoms with van der Waals surface area (Å²) in [6, 6.07) is 3.88. The summed E-state index contributed by atoms with van der Waals surface area (Å²) in [4.78, 5) is 39.3. The minimum Gasteiger partial charge on any atom is -0.434 e.